The molecule has 14 heavy (non-hydrogen) atoms. The summed E-state index contributed by atoms with van der Waals surface area (Å²) in [6.07, 6.45) is 4.00. The van der Waals surface area contributed by atoms with Crippen LogP contribution in [-0.2, 0) is 6.54 Å². The first-order valence-corrected chi connectivity index (χ1v) is 4.82. The van der Waals surface area contributed by atoms with Gasteiger partial charge in [-0.05, 0) is 25.2 Å². The summed E-state index contributed by atoms with van der Waals surface area (Å²) in [4.78, 5) is 2.16. The Hall–Kier alpha value is -1.12. The summed E-state index contributed by atoms with van der Waals surface area (Å²) >= 11 is 0. The van der Waals surface area contributed by atoms with Gasteiger partial charge in [0.05, 0.1) is 0 Å². The molecular formula is C12H18N2. The minimum absolute atomic E-state index is 0.597. The molecule has 2 nitrogen and oxygen atoms in total. The van der Waals surface area contributed by atoms with E-state index in [1.807, 2.05) is 12.2 Å². The number of nitrogens with zero attached hydrogens (tertiary/aromatic N) is 1. The second-order valence-corrected chi connectivity index (χ2v) is 3.62. The highest BCUT2D eigenvalue weighted by molar-refractivity contribution is 5.49. The molecule has 0 aliphatic carbocycles. The van der Waals surface area contributed by atoms with Crippen molar-refractivity contribution >= 4 is 6.08 Å². The highest BCUT2D eigenvalue weighted by atomic mass is 15.0. The first-order valence-electron chi connectivity index (χ1n) is 4.82. The zero-order valence-electron chi connectivity index (χ0n) is 8.90. The van der Waals surface area contributed by atoms with Crippen molar-refractivity contribution < 1.29 is 0 Å². The third kappa shape index (κ3) is 3.73. The van der Waals surface area contributed by atoms with Gasteiger partial charge in [-0.15, -0.1) is 0 Å². The van der Waals surface area contributed by atoms with Crippen molar-refractivity contribution in [2.75, 3.05) is 20.6 Å². The summed E-state index contributed by atoms with van der Waals surface area (Å²) in [7, 11) is 4.14. The van der Waals surface area contributed by atoms with Gasteiger partial charge in [-0.1, -0.05) is 36.4 Å². The molecule has 76 valence electrons. The molecule has 0 unspecified atom stereocenters. The molecule has 1 aromatic carbocycles. The van der Waals surface area contributed by atoms with Gasteiger partial charge < -0.3 is 10.6 Å². The molecule has 2 N–H and O–H groups in total. The molecule has 1 aromatic rings. The lowest BCUT2D eigenvalue weighted by atomic mass is 10.1. The fourth-order valence-corrected chi connectivity index (χ4v) is 1.30. The molecule has 0 atom stereocenters. The van der Waals surface area contributed by atoms with Crippen molar-refractivity contribution in [2.24, 2.45) is 5.73 Å². The van der Waals surface area contributed by atoms with Crippen LogP contribution in [0, 0.1) is 0 Å². The lowest BCUT2D eigenvalue weighted by molar-refractivity contribution is 0.402. The molecule has 0 heterocycles. The van der Waals surface area contributed by atoms with Crippen LogP contribution in [0.1, 0.15) is 11.1 Å². The van der Waals surface area contributed by atoms with Crippen LogP contribution in [-0.4, -0.2) is 25.5 Å². The standard InChI is InChI=1S/C12H18N2/c1-14(2)10-12-7-5-11(6-8-12)4-3-9-13/h3-8H,9-10,13H2,1-2H3/b4-3+. The Kier molecular flexibility index (Phi) is 4.36. The maximum absolute atomic E-state index is 5.38. The number of benzene rings is 1. The van der Waals surface area contributed by atoms with Gasteiger partial charge in [-0.2, -0.15) is 0 Å². The molecule has 0 saturated heterocycles. The highest BCUT2D eigenvalue weighted by Crippen LogP contribution is 2.07. The first kappa shape index (κ1) is 11.0. The molecular weight excluding hydrogens is 172 g/mol. The first-order chi connectivity index (χ1) is 6.72. The van der Waals surface area contributed by atoms with Crippen LogP contribution in [0.3, 0.4) is 0 Å². The van der Waals surface area contributed by atoms with Crippen molar-refractivity contribution in [1.29, 1.82) is 0 Å². The van der Waals surface area contributed by atoms with Gasteiger partial charge in [0.15, 0.2) is 0 Å². The fraction of sp³-hybridized carbons (Fsp3) is 0.333. The Morgan fingerprint density at radius 2 is 1.86 bits per heavy atom. The zero-order valence-corrected chi connectivity index (χ0v) is 8.90. The molecule has 0 saturated carbocycles. The molecule has 0 bridgehead atoms. The minimum atomic E-state index is 0.597. The van der Waals surface area contributed by atoms with E-state index < -0.39 is 0 Å². The largest absolute Gasteiger partial charge is 0.327 e. The van der Waals surface area contributed by atoms with Gasteiger partial charge in [0.1, 0.15) is 0 Å². The van der Waals surface area contributed by atoms with E-state index in [0.717, 1.165) is 6.54 Å². The predicted octanol–water partition coefficient (Wildman–Crippen LogP) is 1.72. The van der Waals surface area contributed by atoms with Crippen molar-refractivity contribution in [2.45, 2.75) is 6.54 Å². The molecule has 0 aliphatic heterocycles. The average molecular weight is 190 g/mol. The zero-order chi connectivity index (χ0) is 10.4. The number of rotatable bonds is 4. The summed E-state index contributed by atoms with van der Waals surface area (Å²) in [5.74, 6) is 0. The van der Waals surface area contributed by atoms with Crippen LogP contribution in [0.25, 0.3) is 6.08 Å². The number of hydrogen-bond donors (Lipinski definition) is 1. The molecule has 0 aromatic heterocycles. The van der Waals surface area contributed by atoms with Crippen molar-refractivity contribution in [1.82, 2.24) is 4.90 Å². The second kappa shape index (κ2) is 5.58. The van der Waals surface area contributed by atoms with E-state index in [0.29, 0.717) is 6.54 Å². The topological polar surface area (TPSA) is 29.3 Å². The highest BCUT2D eigenvalue weighted by Gasteiger charge is 1.93. The summed E-state index contributed by atoms with van der Waals surface area (Å²) in [5, 5.41) is 0. The van der Waals surface area contributed by atoms with Crippen LogP contribution in [0.4, 0.5) is 0 Å². The molecule has 1 rings (SSSR count). The van der Waals surface area contributed by atoms with Crippen molar-refractivity contribution in [3.05, 3.63) is 41.5 Å². The molecule has 0 radical (unpaired) electrons. The Morgan fingerprint density at radius 1 is 1.21 bits per heavy atom. The SMILES string of the molecule is CN(C)Cc1ccc(/C=C/CN)cc1. The Labute approximate surface area is 86.0 Å². The van der Waals surface area contributed by atoms with Crippen LogP contribution >= 0.6 is 0 Å². The van der Waals surface area contributed by atoms with Gasteiger partial charge >= 0.3 is 0 Å². The van der Waals surface area contributed by atoms with Gasteiger partial charge in [-0.25, -0.2) is 0 Å². The quantitative estimate of drug-likeness (QED) is 0.783. The van der Waals surface area contributed by atoms with Crippen LogP contribution in [0.15, 0.2) is 30.3 Å². The van der Waals surface area contributed by atoms with Gasteiger partial charge in [0.2, 0.25) is 0 Å². The van der Waals surface area contributed by atoms with Crippen molar-refractivity contribution in [3.63, 3.8) is 0 Å². The molecule has 0 fully saturated rings. The average Bonchev–Trinajstić information content (AvgIpc) is 2.16. The normalized spacial score (nSPS) is 11.4. The lowest BCUT2D eigenvalue weighted by Crippen LogP contribution is -2.10. The number of nitrogens with two attached hydrogens (primary N) is 1. The second-order valence-electron chi connectivity index (χ2n) is 3.62. The third-order valence-corrected chi connectivity index (χ3v) is 1.92. The van der Waals surface area contributed by atoms with E-state index in [1.165, 1.54) is 11.1 Å². The predicted molar refractivity (Wildman–Crippen MR) is 61.9 cm³/mol. The Balaban J connectivity index is 2.64. The summed E-state index contributed by atoms with van der Waals surface area (Å²) in [6, 6.07) is 8.53. The maximum Gasteiger partial charge on any atom is 0.0227 e. The maximum atomic E-state index is 5.38. The fourth-order valence-electron chi connectivity index (χ4n) is 1.30. The van der Waals surface area contributed by atoms with Gasteiger partial charge in [0.25, 0.3) is 0 Å². The number of hydrogen-bond acceptors (Lipinski definition) is 2. The molecule has 0 amide bonds. The smallest absolute Gasteiger partial charge is 0.0227 e. The molecule has 0 aliphatic rings. The van der Waals surface area contributed by atoms with E-state index in [2.05, 4.69) is 43.3 Å². The summed E-state index contributed by atoms with van der Waals surface area (Å²) < 4.78 is 0. The Bertz CT molecular complexity index is 286. The minimum Gasteiger partial charge on any atom is -0.327 e. The molecule has 2 heteroatoms. The van der Waals surface area contributed by atoms with Gasteiger partial charge in [0, 0.05) is 13.1 Å². The van der Waals surface area contributed by atoms with Crippen molar-refractivity contribution in [3.8, 4) is 0 Å². The summed E-state index contributed by atoms with van der Waals surface area (Å²) in [6.45, 7) is 1.58. The van der Waals surface area contributed by atoms with Crippen LogP contribution < -0.4 is 5.73 Å². The monoisotopic (exact) mass is 190 g/mol. The lowest BCUT2D eigenvalue weighted by Gasteiger charge is -2.09. The van der Waals surface area contributed by atoms with E-state index in [4.69, 9.17) is 5.73 Å². The van der Waals surface area contributed by atoms with E-state index >= 15 is 0 Å². The van der Waals surface area contributed by atoms with E-state index in [-0.39, 0.29) is 0 Å². The van der Waals surface area contributed by atoms with Crippen LogP contribution in [0.2, 0.25) is 0 Å². The molecule has 0 spiro atoms. The van der Waals surface area contributed by atoms with E-state index in [1.54, 1.807) is 0 Å². The van der Waals surface area contributed by atoms with Gasteiger partial charge in [-0.3, -0.25) is 0 Å². The van der Waals surface area contributed by atoms with Crippen LogP contribution in [0.5, 0.6) is 0 Å². The Morgan fingerprint density at radius 3 is 2.36 bits per heavy atom. The third-order valence-electron chi connectivity index (χ3n) is 1.92. The summed E-state index contributed by atoms with van der Waals surface area (Å²) in [5.41, 5.74) is 7.92. The van der Waals surface area contributed by atoms with E-state index in [9.17, 15) is 0 Å².